The van der Waals surface area contributed by atoms with Crippen molar-refractivity contribution in [2.45, 2.75) is 19.5 Å². The second-order valence-electron chi connectivity index (χ2n) is 6.75. The summed E-state index contributed by atoms with van der Waals surface area (Å²) in [5.74, 6) is 0.683. The maximum Gasteiger partial charge on any atom is 0.255 e. The average molecular weight is 441 g/mol. The van der Waals surface area contributed by atoms with Crippen molar-refractivity contribution in [3.63, 3.8) is 0 Å². The van der Waals surface area contributed by atoms with Crippen LogP contribution in [-0.2, 0) is 19.5 Å². The molecule has 5 rings (SSSR count). The molecule has 136 valence electrons. The van der Waals surface area contributed by atoms with E-state index >= 15 is 0 Å². The first-order valence-corrected chi connectivity index (χ1v) is 10.5. The van der Waals surface area contributed by atoms with E-state index in [4.69, 9.17) is 4.98 Å². The van der Waals surface area contributed by atoms with Gasteiger partial charge in [-0.05, 0) is 29.1 Å². The van der Waals surface area contributed by atoms with Crippen LogP contribution in [0.15, 0.2) is 51.2 Å². The van der Waals surface area contributed by atoms with E-state index in [1.807, 2.05) is 23.6 Å². The molecule has 1 aromatic carbocycles. The number of H-pyrrole nitrogens is 2. The average Bonchev–Trinajstić information content (AvgIpc) is 3.33. The summed E-state index contributed by atoms with van der Waals surface area (Å²) in [5, 5.41) is 3.21. The summed E-state index contributed by atoms with van der Waals surface area (Å²) in [6, 6.07) is 10.1. The van der Waals surface area contributed by atoms with Crippen molar-refractivity contribution in [3.8, 4) is 10.7 Å². The van der Waals surface area contributed by atoms with Gasteiger partial charge in [-0.3, -0.25) is 9.69 Å². The van der Waals surface area contributed by atoms with Crippen LogP contribution in [0, 0.1) is 0 Å². The van der Waals surface area contributed by atoms with Crippen LogP contribution in [0.1, 0.15) is 16.8 Å². The van der Waals surface area contributed by atoms with E-state index in [0.717, 1.165) is 45.6 Å². The van der Waals surface area contributed by atoms with E-state index in [9.17, 15) is 4.79 Å². The molecule has 4 aromatic rings. The Hall–Kier alpha value is -2.22. The third-order valence-corrected chi connectivity index (χ3v) is 6.57. The third-order valence-electron chi connectivity index (χ3n) is 5.03. The molecule has 7 heteroatoms. The normalized spacial score (nSPS) is 14.6. The molecule has 5 nitrogen and oxygen atoms in total. The van der Waals surface area contributed by atoms with Crippen molar-refractivity contribution in [1.29, 1.82) is 0 Å². The molecule has 0 saturated heterocycles. The van der Waals surface area contributed by atoms with Gasteiger partial charge < -0.3 is 9.97 Å². The van der Waals surface area contributed by atoms with E-state index in [2.05, 4.69) is 49.1 Å². The fourth-order valence-electron chi connectivity index (χ4n) is 3.72. The Morgan fingerprint density at radius 2 is 2.19 bits per heavy atom. The first kappa shape index (κ1) is 16.9. The van der Waals surface area contributed by atoms with Crippen LogP contribution in [0.2, 0.25) is 0 Å². The van der Waals surface area contributed by atoms with Crippen LogP contribution in [0.25, 0.3) is 21.6 Å². The number of aromatic amines is 2. The predicted molar refractivity (Wildman–Crippen MR) is 112 cm³/mol. The highest BCUT2D eigenvalue weighted by Crippen LogP contribution is 2.29. The van der Waals surface area contributed by atoms with Gasteiger partial charge in [0, 0.05) is 47.6 Å². The summed E-state index contributed by atoms with van der Waals surface area (Å²) in [4.78, 5) is 27.0. The van der Waals surface area contributed by atoms with Crippen molar-refractivity contribution in [2.24, 2.45) is 0 Å². The second-order valence-corrected chi connectivity index (χ2v) is 8.56. The van der Waals surface area contributed by atoms with E-state index in [1.165, 1.54) is 10.9 Å². The van der Waals surface area contributed by atoms with Gasteiger partial charge in [0.05, 0.1) is 16.1 Å². The van der Waals surface area contributed by atoms with Crippen LogP contribution in [-0.4, -0.2) is 26.4 Å². The monoisotopic (exact) mass is 440 g/mol. The Labute approximate surface area is 168 Å². The Balaban J connectivity index is 1.43. The van der Waals surface area contributed by atoms with E-state index < -0.39 is 0 Å². The summed E-state index contributed by atoms with van der Waals surface area (Å²) in [6.45, 7) is 2.32. The van der Waals surface area contributed by atoms with Crippen molar-refractivity contribution in [1.82, 2.24) is 19.9 Å². The Kier molecular flexibility index (Phi) is 4.22. The topological polar surface area (TPSA) is 64.8 Å². The van der Waals surface area contributed by atoms with E-state index in [-0.39, 0.29) is 5.56 Å². The molecule has 0 amide bonds. The third kappa shape index (κ3) is 3.05. The molecular weight excluding hydrogens is 424 g/mol. The SMILES string of the molecule is O=c1[nH]c(-c2cccs2)nc2c1CN(Cc1c[nH]c3cccc(Br)c13)CC2. The molecule has 1 aliphatic rings. The van der Waals surface area contributed by atoms with Crippen LogP contribution in [0.5, 0.6) is 0 Å². The van der Waals surface area contributed by atoms with Gasteiger partial charge in [-0.1, -0.05) is 28.1 Å². The summed E-state index contributed by atoms with van der Waals surface area (Å²) in [7, 11) is 0. The molecule has 27 heavy (non-hydrogen) atoms. The zero-order valence-electron chi connectivity index (χ0n) is 14.5. The summed E-state index contributed by atoms with van der Waals surface area (Å²) in [6.07, 6.45) is 2.86. The zero-order valence-corrected chi connectivity index (χ0v) is 16.9. The number of rotatable bonds is 3. The van der Waals surface area contributed by atoms with Gasteiger partial charge >= 0.3 is 0 Å². The highest BCUT2D eigenvalue weighted by atomic mass is 79.9. The van der Waals surface area contributed by atoms with Crippen LogP contribution < -0.4 is 5.56 Å². The molecule has 1 aliphatic heterocycles. The molecule has 0 saturated carbocycles. The molecule has 0 unspecified atom stereocenters. The number of halogens is 1. The van der Waals surface area contributed by atoms with Gasteiger partial charge in [-0.25, -0.2) is 4.98 Å². The number of hydrogen-bond donors (Lipinski definition) is 2. The molecule has 0 spiro atoms. The minimum absolute atomic E-state index is 0.0202. The lowest BCUT2D eigenvalue weighted by Crippen LogP contribution is -2.35. The smallest absolute Gasteiger partial charge is 0.255 e. The lowest BCUT2D eigenvalue weighted by molar-refractivity contribution is 0.242. The van der Waals surface area contributed by atoms with Gasteiger partial charge in [-0.2, -0.15) is 0 Å². The van der Waals surface area contributed by atoms with Crippen molar-refractivity contribution >= 4 is 38.2 Å². The van der Waals surface area contributed by atoms with Crippen molar-refractivity contribution < 1.29 is 0 Å². The number of aromatic nitrogens is 3. The Morgan fingerprint density at radius 1 is 1.26 bits per heavy atom. The lowest BCUT2D eigenvalue weighted by atomic mass is 10.1. The zero-order chi connectivity index (χ0) is 18.4. The van der Waals surface area contributed by atoms with Gasteiger partial charge in [0.15, 0.2) is 5.82 Å². The molecule has 0 radical (unpaired) electrons. The highest BCUT2D eigenvalue weighted by Gasteiger charge is 2.22. The van der Waals surface area contributed by atoms with Crippen LogP contribution >= 0.6 is 27.3 Å². The lowest BCUT2D eigenvalue weighted by Gasteiger charge is -2.27. The Bertz CT molecular complexity index is 1180. The molecule has 4 heterocycles. The first-order valence-electron chi connectivity index (χ1n) is 8.82. The fraction of sp³-hybridized carbons (Fsp3) is 0.200. The number of nitrogens with zero attached hydrogens (tertiary/aromatic N) is 2. The number of benzene rings is 1. The predicted octanol–water partition coefficient (Wildman–Crippen LogP) is 4.30. The molecule has 0 fully saturated rings. The minimum Gasteiger partial charge on any atom is -0.361 e. The largest absolute Gasteiger partial charge is 0.361 e. The van der Waals surface area contributed by atoms with Gasteiger partial charge in [-0.15, -0.1) is 11.3 Å². The van der Waals surface area contributed by atoms with E-state index in [0.29, 0.717) is 12.4 Å². The molecule has 0 bridgehead atoms. The van der Waals surface area contributed by atoms with Crippen molar-refractivity contribution in [2.75, 3.05) is 6.54 Å². The van der Waals surface area contributed by atoms with Gasteiger partial charge in [0.1, 0.15) is 0 Å². The molecule has 2 N–H and O–H groups in total. The number of thiophene rings is 1. The highest BCUT2D eigenvalue weighted by molar-refractivity contribution is 9.10. The van der Waals surface area contributed by atoms with Gasteiger partial charge in [0.25, 0.3) is 5.56 Å². The minimum atomic E-state index is -0.0202. The molecular formula is C20H17BrN4OS. The standard InChI is InChI=1S/C20H17BrN4OS/c21-14-3-1-4-16-18(14)12(9-22-16)10-25-7-6-15-13(11-25)20(26)24-19(23-15)17-5-2-8-27-17/h1-5,8-9,22H,6-7,10-11H2,(H,23,24,26). The molecule has 3 aromatic heterocycles. The maximum atomic E-state index is 12.7. The van der Waals surface area contributed by atoms with Crippen LogP contribution in [0.4, 0.5) is 0 Å². The molecule has 0 aliphatic carbocycles. The van der Waals surface area contributed by atoms with Crippen molar-refractivity contribution in [3.05, 3.63) is 73.6 Å². The number of hydrogen-bond acceptors (Lipinski definition) is 4. The summed E-state index contributed by atoms with van der Waals surface area (Å²) < 4.78 is 1.09. The summed E-state index contributed by atoms with van der Waals surface area (Å²) >= 11 is 5.24. The maximum absolute atomic E-state index is 12.7. The quantitative estimate of drug-likeness (QED) is 0.498. The summed E-state index contributed by atoms with van der Waals surface area (Å²) in [5.41, 5.74) is 4.06. The fourth-order valence-corrected chi connectivity index (χ4v) is 5.01. The number of fused-ring (bicyclic) bond motifs is 2. The second kappa shape index (κ2) is 6.74. The first-order chi connectivity index (χ1) is 13.2. The Morgan fingerprint density at radius 3 is 3.04 bits per heavy atom. The number of nitrogens with one attached hydrogen (secondary N) is 2. The van der Waals surface area contributed by atoms with E-state index in [1.54, 1.807) is 11.3 Å². The van der Waals surface area contributed by atoms with Gasteiger partial charge in [0.2, 0.25) is 0 Å². The van der Waals surface area contributed by atoms with Crippen LogP contribution in [0.3, 0.4) is 0 Å². The molecule has 0 atom stereocenters.